The standard InChI is InChI=1S/C12H17NO4S/c1-12(2,3)13(11(14)15)9-18(16,17)10-7-5-4-6-8-10/h4-8H,9H2,1-3H3,(H,14,15). The summed E-state index contributed by atoms with van der Waals surface area (Å²) in [6, 6.07) is 7.83. The molecule has 0 aliphatic heterocycles. The molecule has 6 heteroatoms. The van der Waals surface area contributed by atoms with Gasteiger partial charge in [0.2, 0.25) is 0 Å². The summed E-state index contributed by atoms with van der Waals surface area (Å²) in [6.07, 6.45) is -1.25. The zero-order chi connectivity index (χ0) is 14.0. The highest BCUT2D eigenvalue weighted by molar-refractivity contribution is 7.91. The molecule has 0 atom stereocenters. The summed E-state index contributed by atoms with van der Waals surface area (Å²) in [5.41, 5.74) is -0.770. The SMILES string of the molecule is CC(C)(C)N(CS(=O)(=O)c1ccccc1)C(=O)O. The maximum Gasteiger partial charge on any atom is 0.408 e. The van der Waals surface area contributed by atoms with Gasteiger partial charge in [-0.15, -0.1) is 0 Å². The predicted molar refractivity (Wildman–Crippen MR) is 68.1 cm³/mol. The first kappa shape index (κ1) is 14.5. The van der Waals surface area contributed by atoms with Gasteiger partial charge in [-0.25, -0.2) is 13.2 Å². The maximum absolute atomic E-state index is 12.1. The van der Waals surface area contributed by atoms with E-state index in [-0.39, 0.29) is 4.90 Å². The van der Waals surface area contributed by atoms with Gasteiger partial charge in [-0.3, -0.25) is 4.90 Å². The minimum Gasteiger partial charge on any atom is -0.465 e. The summed E-state index contributed by atoms with van der Waals surface area (Å²) < 4.78 is 24.2. The zero-order valence-corrected chi connectivity index (χ0v) is 11.4. The number of amides is 1. The summed E-state index contributed by atoms with van der Waals surface area (Å²) in [7, 11) is -3.64. The predicted octanol–water partition coefficient (Wildman–Crippen LogP) is 2.20. The van der Waals surface area contributed by atoms with Crippen molar-refractivity contribution in [2.24, 2.45) is 0 Å². The fraction of sp³-hybridized carbons (Fsp3) is 0.417. The van der Waals surface area contributed by atoms with Crippen LogP contribution in [0.1, 0.15) is 20.8 Å². The lowest BCUT2D eigenvalue weighted by molar-refractivity contribution is 0.112. The van der Waals surface area contributed by atoms with Crippen LogP contribution in [0.25, 0.3) is 0 Å². The molecule has 0 spiro atoms. The zero-order valence-electron chi connectivity index (χ0n) is 10.6. The molecule has 0 fully saturated rings. The number of hydrogen-bond acceptors (Lipinski definition) is 3. The average Bonchev–Trinajstić information content (AvgIpc) is 2.25. The third-order valence-corrected chi connectivity index (χ3v) is 4.03. The van der Waals surface area contributed by atoms with Crippen LogP contribution in [0.2, 0.25) is 0 Å². The van der Waals surface area contributed by atoms with Crippen LogP contribution >= 0.6 is 0 Å². The highest BCUT2D eigenvalue weighted by Crippen LogP contribution is 2.18. The van der Waals surface area contributed by atoms with Gasteiger partial charge in [0.05, 0.1) is 4.90 Å². The number of sulfone groups is 1. The van der Waals surface area contributed by atoms with Gasteiger partial charge in [-0.2, -0.15) is 0 Å². The van der Waals surface area contributed by atoms with Crippen molar-refractivity contribution in [1.82, 2.24) is 4.90 Å². The fourth-order valence-corrected chi connectivity index (χ4v) is 2.97. The quantitative estimate of drug-likeness (QED) is 0.914. The molecule has 100 valence electrons. The van der Waals surface area contributed by atoms with Gasteiger partial charge in [-0.05, 0) is 32.9 Å². The first-order valence-corrected chi connectivity index (χ1v) is 7.08. The Kier molecular flexibility index (Phi) is 4.01. The van der Waals surface area contributed by atoms with Crippen LogP contribution in [-0.4, -0.2) is 35.9 Å². The topological polar surface area (TPSA) is 74.7 Å². The Balaban J connectivity index is 3.06. The minimum absolute atomic E-state index is 0.125. The Hall–Kier alpha value is -1.56. The van der Waals surface area contributed by atoms with Gasteiger partial charge in [0.15, 0.2) is 9.84 Å². The lowest BCUT2D eigenvalue weighted by Gasteiger charge is -2.32. The first-order chi connectivity index (χ1) is 8.14. The number of carboxylic acid groups (broad SMARTS) is 1. The second kappa shape index (κ2) is 4.97. The minimum atomic E-state index is -3.64. The molecule has 1 N–H and O–H groups in total. The highest BCUT2D eigenvalue weighted by Gasteiger charge is 2.31. The Labute approximate surface area is 107 Å². The van der Waals surface area contributed by atoms with E-state index in [1.807, 2.05) is 0 Å². The summed E-state index contributed by atoms with van der Waals surface area (Å²) in [6.45, 7) is 4.96. The van der Waals surface area contributed by atoms with Crippen molar-refractivity contribution < 1.29 is 18.3 Å². The molecule has 0 radical (unpaired) electrons. The third-order valence-electron chi connectivity index (χ3n) is 2.44. The van der Waals surface area contributed by atoms with Crippen molar-refractivity contribution in [2.75, 3.05) is 5.88 Å². The van der Waals surface area contributed by atoms with Crippen molar-refractivity contribution in [3.63, 3.8) is 0 Å². The van der Waals surface area contributed by atoms with Crippen molar-refractivity contribution in [3.05, 3.63) is 30.3 Å². The molecule has 0 saturated heterocycles. The smallest absolute Gasteiger partial charge is 0.408 e. The Morgan fingerprint density at radius 2 is 1.72 bits per heavy atom. The first-order valence-electron chi connectivity index (χ1n) is 5.43. The van der Waals surface area contributed by atoms with Crippen molar-refractivity contribution in [1.29, 1.82) is 0 Å². The van der Waals surface area contributed by atoms with Crippen LogP contribution in [0, 0.1) is 0 Å². The largest absolute Gasteiger partial charge is 0.465 e. The normalized spacial score (nSPS) is 12.2. The maximum atomic E-state index is 12.1. The van der Waals surface area contributed by atoms with Gasteiger partial charge in [0.25, 0.3) is 0 Å². The molecular formula is C12H17NO4S. The molecule has 0 unspecified atom stereocenters. The summed E-state index contributed by atoms with van der Waals surface area (Å²) in [5, 5.41) is 9.08. The Bertz CT molecular complexity index is 517. The highest BCUT2D eigenvalue weighted by atomic mass is 32.2. The van der Waals surface area contributed by atoms with E-state index < -0.39 is 27.3 Å². The number of nitrogens with zero attached hydrogens (tertiary/aromatic N) is 1. The molecule has 0 heterocycles. The number of hydrogen-bond donors (Lipinski definition) is 1. The third kappa shape index (κ3) is 3.46. The fourth-order valence-electron chi connectivity index (χ4n) is 1.41. The lowest BCUT2D eigenvalue weighted by Crippen LogP contribution is -2.47. The van der Waals surface area contributed by atoms with E-state index in [1.165, 1.54) is 12.1 Å². The second-order valence-electron chi connectivity index (χ2n) is 4.94. The second-order valence-corrected chi connectivity index (χ2v) is 6.90. The lowest BCUT2D eigenvalue weighted by atomic mass is 10.1. The van der Waals surface area contributed by atoms with Crippen molar-refractivity contribution in [2.45, 2.75) is 31.2 Å². The summed E-state index contributed by atoms with van der Waals surface area (Å²) in [4.78, 5) is 12.2. The van der Waals surface area contributed by atoms with Crippen molar-refractivity contribution in [3.8, 4) is 0 Å². The van der Waals surface area contributed by atoms with Gasteiger partial charge in [0, 0.05) is 5.54 Å². The van der Waals surface area contributed by atoms with E-state index in [1.54, 1.807) is 39.0 Å². The molecule has 1 rings (SSSR count). The molecule has 5 nitrogen and oxygen atoms in total. The van der Waals surface area contributed by atoms with Crippen LogP contribution < -0.4 is 0 Å². The van der Waals surface area contributed by atoms with Gasteiger partial charge < -0.3 is 5.11 Å². The van der Waals surface area contributed by atoms with E-state index in [4.69, 9.17) is 5.11 Å². The molecule has 1 amide bonds. The van der Waals surface area contributed by atoms with Crippen LogP contribution in [0.4, 0.5) is 4.79 Å². The molecule has 18 heavy (non-hydrogen) atoms. The van der Waals surface area contributed by atoms with Crippen LogP contribution in [0.5, 0.6) is 0 Å². The van der Waals surface area contributed by atoms with E-state index in [2.05, 4.69) is 0 Å². The van der Waals surface area contributed by atoms with Gasteiger partial charge in [0.1, 0.15) is 5.88 Å². The van der Waals surface area contributed by atoms with E-state index >= 15 is 0 Å². The summed E-state index contributed by atoms with van der Waals surface area (Å²) >= 11 is 0. The molecule has 1 aromatic carbocycles. The van der Waals surface area contributed by atoms with Crippen LogP contribution in [-0.2, 0) is 9.84 Å². The molecule has 0 aliphatic carbocycles. The monoisotopic (exact) mass is 271 g/mol. The van der Waals surface area contributed by atoms with Crippen molar-refractivity contribution >= 4 is 15.9 Å². The number of benzene rings is 1. The number of carbonyl (C=O) groups is 1. The van der Waals surface area contributed by atoms with E-state index in [0.29, 0.717) is 0 Å². The summed E-state index contributed by atoms with van der Waals surface area (Å²) in [5.74, 6) is -0.546. The molecule has 1 aromatic rings. The Morgan fingerprint density at radius 1 is 1.22 bits per heavy atom. The molecule has 0 aliphatic rings. The Morgan fingerprint density at radius 3 is 2.11 bits per heavy atom. The van der Waals surface area contributed by atoms with Crippen LogP contribution in [0.15, 0.2) is 35.2 Å². The van der Waals surface area contributed by atoms with Gasteiger partial charge in [-0.1, -0.05) is 18.2 Å². The molecular weight excluding hydrogens is 254 g/mol. The molecule has 0 saturated carbocycles. The van der Waals surface area contributed by atoms with Gasteiger partial charge >= 0.3 is 6.09 Å². The van der Waals surface area contributed by atoms with E-state index in [0.717, 1.165) is 4.90 Å². The van der Waals surface area contributed by atoms with Crippen LogP contribution in [0.3, 0.4) is 0 Å². The molecule has 0 aromatic heterocycles. The molecule has 0 bridgehead atoms. The van der Waals surface area contributed by atoms with E-state index in [9.17, 15) is 13.2 Å². The number of rotatable bonds is 3. The average molecular weight is 271 g/mol.